The number of hydrogen-bond acceptors (Lipinski definition) is 5. The molecule has 0 aliphatic carbocycles. The second-order valence-corrected chi connectivity index (χ2v) is 10.6. The summed E-state index contributed by atoms with van der Waals surface area (Å²) in [7, 11) is 0.746. The molecule has 1 heterocycles. The molecule has 1 fully saturated rings. The zero-order chi connectivity index (χ0) is 26.3. The smallest absolute Gasteiger partial charge is 0.467 e. The molecule has 4 rings (SSSR count). The first-order chi connectivity index (χ1) is 16.9. The molecule has 1 aliphatic rings. The van der Waals surface area contributed by atoms with Crippen LogP contribution in [-0.2, 0) is 25.3 Å². The van der Waals surface area contributed by atoms with Gasteiger partial charge in [0.15, 0.2) is 0 Å². The van der Waals surface area contributed by atoms with Crippen LogP contribution in [0.25, 0.3) is 10.8 Å². The fraction of sp³-hybridized carbons (Fsp3) is 0.333. The van der Waals surface area contributed by atoms with Gasteiger partial charge in [-0.1, -0.05) is 65.7 Å². The molecule has 188 valence electrons. The molecule has 0 bridgehead atoms. The van der Waals surface area contributed by atoms with Gasteiger partial charge < -0.3 is 19.4 Å². The Morgan fingerprint density at radius 1 is 0.917 bits per heavy atom. The standard InChI is InChI=1S/C27H28BCl2NO5/c1-26(2)27(3,4)36-28(35-26)19-14-13-16(17-9-6-7-10-18(17)19)15-22(25(33)34-5)31-24(32)23-20(29)11-8-12-21(23)30/h6-14,22H,15H2,1-5H3,(H,31,32)/t22-/m0/s1. The fourth-order valence-corrected chi connectivity index (χ4v) is 4.81. The molecule has 0 radical (unpaired) electrons. The SMILES string of the molecule is COC(=O)[C@H](Cc1ccc(B2OC(C)(C)C(C)(C)O2)c2ccccc12)NC(=O)c1c(Cl)cccc1Cl. The van der Waals surface area contributed by atoms with Gasteiger partial charge in [-0.15, -0.1) is 0 Å². The predicted octanol–water partition coefficient (Wildman–Crippen LogP) is 4.96. The summed E-state index contributed by atoms with van der Waals surface area (Å²) in [6, 6.07) is 15.5. The lowest BCUT2D eigenvalue weighted by Gasteiger charge is -2.32. The summed E-state index contributed by atoms with van der Waals surface area (Å²) >= 11 is 12.4. The highest BCUT2D eigenvalue weighted by Gasteiger charge is 2.52. The van der Waals surface area contributed by atoms with Gasteiger partial charge in [0, 0.05) is 6.42 Å². The Hall–Kier alpha value is -2.58. The third kappa shape index (κ3) is 4.98. The van der Waals surface area contributed by atoms with Crippen molar-refractivity contribution >= 4 is 58.4 Å². The van der Waals surface area contributed by atoms with Crippen LogP contribution in [0, 0.1) is 0 Å². The maximum absolute atomic E-state index is 13.0. The van der Waals surface area contributed by atoms with Crippen LogP contribution in [0.4, 0.5) is 0 Å². The molecule has 1 atom stereocenters. The molecule has 6 nitrogen and oxygen atoms in total. The van der Waals surface area contributed by atoms with E-state index in [2.05, 4.69) is 5.32 Å². The highest BCUT2D eigenvalue weighted by molar-refractivity contribution is 6.65. The van der Waals surface area contributed by atoms with E-state index in [1.165, 1.54) is 7.11 Å². The summed E-state index contributed by atoms with van der Waals surface area (Å²) in [6.07, 6.45) is 0.199. The summed E-state index contributed by atoms with van der Waals surface area (Å²) in [4.78, 5) is 25.7. The number of amides is 1. The molecule has 0 aromatic heterocycles. The van der Waals surface area contributed by atoms with Crippen LogP contribution in [0.5, 0.6) is 0 Å². The number of benzene rings is 3. The molecule has 3 aromatic rings. The van der Waals surface area contributed by atoms with Crippen LogP contribution in [0.2, 0.25) is 10.0 Å². The molecule has 1 saturated heterocycles. The number of rotatable bonds is 6. The Morgan fingerprint density at radius 2 is 1.50 bits per heavy atom. The molecule has 0 spiro atoms. The van der Waals surface area contributed by atoms with Gasteiger partial charge in [-0.3, -0.25) is 4.79 Å². The van der Waals surface area contributed by atoms with Gasteiger partial charge in [0.1, 0.15) is 6.04 Å². The summed E-state index contributed by atoms with van der Waals surface area (Å²) in [5, 5.41) is 4.99. The second kappa shape index (κ2) is 10.1. The number of ether oxygens (including phenoxy) is 1. The van der Waals surface area contributed by atoms with E-state index in [9.17, 15) is 9.59 Å². The van der Waals surface area contributed by atoms with E-state index < -0.39 is 36.2 Å². The largest absolute Gasteiger partial charge is 0.495 e. The van der Waals surface area contributed by atoms with Gasteiger partial charge in [-0.05, 0) is 61.6 Å². The number of carbonyl (C=O) groups excluding carboxylic acids is 2. The molecule has 1 aliphatic heterocycles. The lowest BCUT2D eigenvalue weighted by molar-refractivity contribution is -0.142. The van der Waals surface area contributed by atoms with Gasteiger partial charge in [0.05, 0.1) is 33.9 Å². The third-order valence-corrected chi connectivity index (χ3v) is 7.59. The van der Waals surface area contributed by atoms with Crippen LogP contribution in [0.1, 0.15) is 43.6 Å². The van der Waals surface area contributed by atoms with Crippen molar-refractivity contribution in [2.75, 3.05) is 7.11 Å². The number of hydrogen-bond donors (Lipinski definition) is 1. The molecule has 0 unspecified atom stereocenters. The molecule has 1 N–H and O–H groups in total. The minimum Gasteiger partial charge on any atom is -0.467 e. The van der Waals surface area contributed by atoms with E-state index in [0.29, 0.717) is 0 Å². The zero-order valence-electron chi connectivity index (χ0n) is 20.9. The first kappa shape index (κ1) is 26.5. The maximum atomic E-state index is 13.0. The molecule has 3 aromatic carbocycles. The van der Waals surface area contributed by atoms with E-state index in [0.717, 1.165) is 21.8 Å². The van der Waals surface area contributed by atoms with Crippen LogP contribution in [-0.4, -0.2) is 43.3 Å². The lowest BCUT2D eigenvalue weighted by atomic mass is 9.75. The van der Waals surface area contributed by atoms with E-state index >= 15 is 0 Å². The topological polar surface area (TPSA) is 73.9 Å². The van der Waals surface area contributed by atoms with Crippen molar-refractivity contribution in [2.45, 2.75) is 51.4 Å². The Morgan fingerprint density at radius 3 is 2.08 bits per heavy atom. The Labute approximate surface area is 221 Å². The minimum atomic E-state index is -0.957. The Kier molecular flexibility index (Phi) is 7.40. The highest BCUT2D eigenvalue weighted by Crippen LogP contribution is 2.37. The number of methoxy groups -OCH3 is 1. The quantitative estimate of drug-likeness (QED) is 0.362. The monoisotopic (exact) mass is 527 g/mol. The van der Waals surface area contributed by atoms with Crippen molar-refractivity contribution in [3.05, 3.63) is 75.8 Å². The van der Waals surface area contributed by atoms with Gasteiger partial charge >= 0.3 is 13.1 Å². The van der Waals surface area contributed by atoms with Gasteiger partial charge in [0.25, 0.3) is 5.91 Å². The number of halogens is 2. The maximum Gasteiger partial charge on any atom is 0.495 e. The summed E-state index contributed by atoms with van der Waals surface area (Å²) < 4.78 is 17.5. The van der Waals surface area contributed by atoms with Crippen molar-refractivity contribution in [3.8, 4) is 0 Å². The number of fused-ring (bicyclic) bond motifs is 1. The average Bonchev–Trinajstić information content (AvgIpc) is 3.04. The van der Waals surface area contributed by atoms with Gasteiger partial charge in [-0.25, -0.2) is 4.79 Å². The van der Waals surface area contributed by atoms with Crippen molar-refractivity contribution in [1.29, 1.82) is 0 Å². The van der Waals surface area contributed by atoms with E-state index in [1.807, 2.05) is 64.1 Å². The number of esters is 1. The van der Waals surface area contributed by atoms with Crippen molar-refractivity contribution < 1.29 is 23.6 Å². The first-order valence-electron chi connectivity index (χ1n) is 11.6. The molecule has 1 amide bonds. The van der Waals surface area contributed by atoms with E-state index in [-0.39, 0.29) is 22.0 Å². The zero-order valence-corrected chi connectivity index (χ0v) is 22.4. The summed E-state index contributed by atoms with van der Waals surface area (Å²) in [5.74, 6) is -1.13. The van der Waals surface area contributed by atoms with Gasteiger partial charge in [-0.2, -0.15) is 0 Å². The van der Waals surface area contributed by atoms with Crippen LogP contribution in [0.3, 0.4) is 0 Å². The summed E-state index contributed by atoms with van der Waals surface area (Å²) in [6.45, 7) is 8.05. The Balaban J connectivity index is 1.67. The predicted molar refractivity (Wildman–Crippen MR) is 143 cm³/mol. The van der Waals surface area contributed by atoms with Crippen LogP contribution >= 0.6 is 23.2 Å². The highest BCUT2D eigenvalue weighted by atomic mass is 35.5. The average molecular weight is 528 g/mol. The Bertz CT molecular complexity index is 1290. The van der Waals surface area contributed by atoms with Crippen molar-refractivity contribution in [2.24, 2.45) is 0 Å². The molecular formula is C27H28BCl2NO5. The van der Waals surface area contributed by atoms with Crippen LogP contribution in [0.15, 0.2) is 54.6 Å². The molecular weight excluding hydrogens is 500 g/mol. The molecule has 9 heteroatoms. The summed E-state index contributed by atoms with van der Waals surface area (Å²) in [5.41, 5.74) is 0.909. The van der Waals surface area contributed by atoms with Crippen molar-refractivity contribution in [3.63, 3.8) is 0 Å². The fourth-order valence-electron chi connectivity index (χ4n) is 4.24. The molecule has 36 heavy (non-hydrogen) atoms. The normalized spacial score (nSPS) is 17.1. The van der Waals surface area contributed by atoms with Crippen molar-refractivity contribution in [1.82, 2.24) is 5.32 Å². The lowest BCUT2D eigenvalue weighted by Crippen LogP contribution is -2.43. The van der Waals surface area contributed by atoms with E-state index in [1.54, 1.807) is 18.2 Å². The third-order valence-electron chi connectivity index (χ3n) is 6.96. The first-order valence-corrected chi connectivity index (χ1v) is 12.4. The van der Waals surface area contributed by atoms with Gasteiger partial charge in [0.2, 0.25) is 0 Å². The van der Waals surface area contributed by atoms with E-state index in [4.69, 9.17) is 37.2 Å². The number of nitrogens with one attached hydrogen (secondary N) is 1. The number of carbonyl (C=O) groups is 2. The van der Waals surface area contributed by atoms with Crippen LogP contribution < -0.4 is 10.8 Å². The minimum absolute atomic E-state index is 0.107. The second-order valence-electron chi connectivity index (χ2n) is 9.80. The molecule has 0 saturated carbocycles.